The van der Waals surface area contributed by atoms with E-state index in [-0.39, 0.29) is 10.8 Å². The molecule has 0 aromatic carbocycles. The summed E-state index contributed by atoms with van der Waals surface area (Å²) in [7, 11) is 0. The molecule has 0 N–H and O–H groups in total. The normalized spacial score (nSPS) is 53.9. The molecule has 1 nitrogen and oxygen atoms in total. The molecule has 3 aliphatic carbocycles. The van der Waals surface area contributed by atoms with Crippen LogP contribution in [0.3, 0.4) is 0 Å². The maximum atomic E-state index is 12.1. The van der Waals surface area contributed by atoms with Crippen LogP contribution in [0.5, 0.6) is 0 Å². The van der Waals surface area contributed by atoms with Crippen LogP contribution in [0, 0.1) is 28.6 Å². The highest BCUT2D eigenvalue weighted by atomic mass is 16.1. The van der Waals surface area contributed by atoms with Crippen LogP contribution >= 0.6 is 0 Å². The maximum Gasteiger partial charge on any atom is 0.139 e. The van der Waals surface area contributed by atoms with E-state index in [9.17, 15) is 4.79 Å². The topological polar surface area (TPSA) is 17.1 Å². The molecule has 2 bridgehead atoms. The van der Waals surface area contributed by atoms with Crippen LogP contribution < -0.4 is 0 Å². The van der Waals surface area contributed by atoms with E-state index in [0.29, 0.717) is 11.7 Å². The zero-order chi connectivity index (χ0) is 10.1. The molecule has 0 amide bonds. The van der Waals surface area contributed by atoms with Gasteiger partial charge in [-0.1, -0.05) is 27.2 Å². The van der Waals surface area contributed by atoms with Gasteiger partial charge in [-0.3, -0.25) is 4.79 Å². The summed E-state index contributed by atoms with van der Waals surface area (Å²) in [6.45, 7) is 6.92. The molecule has 0 spiro atoms. The molecule has 4 atom stereocenters. The van der Waals surface area contributed by atoms with Gasteiger partial charge in [0.1, 0.15) is 5.78 Å². The second-order valence-electron chi connectivity index (χ2n) is 6.36. The van der Waals surface area contributed by atoms with Gasteiger partial charge in [-0.25, -0.2) is 0 Å². The van der Waals surface area contributed by atoms with E-state index in [1.54, 1.807) is 0 Å². The van der Waals surface area contributed by atoms with Gasteiger partial charge < -0.3 is 0 Å². The lowest BCUT2D eigenvalue weighted by Gasteiger charge is -2.37. The number of rotatable bonds is 0. The molecule has 3 saturated carbocycles. The molecular formula is C13H20O. The Kier molecular flexibility index (Phi) is 1.44. The highest BCUT2D eigenvalue weighted by molar-refractivity contribution is 5.90. The summed E-state index contributed by atoms with van der Waals surface area (Å²) >= 11 is 0. The number of fused-ring (bicyclic) bond motifs is 5. The summed E-state index contributed by atoms with van der Waals surface area (Å²) in [5.74, 6) is 2.87. The molecule has 0 aromatic rings. The van der Waals surface area contributed by atoms with Gasteiger partial charge in [0, 0.05) is 11.8 Å². The monoisotopic (exact) mass is 192 g/mol. The van der Waals surface area contributed by atoms with Gasteiger partial charge in [0.2, 0.25) is 0 Å². The molecule has 0 heterocycles. The van der Waals surface area contributed by atoms with Crippen molar-refractivity contribution in [2.75, 3.05) is 0 Å². The third-order valence-electron chi connectivity index (χ3n) is 6.08. The van der Waals surface area contributed by atoms with E-state index in [1.807, 2.05) is 0 Å². The first kappa shape index (κ1) is 8.94. The Morgan fingerprint density at radius 1 is 1.14 bits per heavy atom. The average Bonchev–Trinajstić information content (AvgIpc) is 2.68. The molecule has 3 fully saturated rings. The van der Waals surface area contributed by atoms with E-state index >= 15 is 0 Å². The van der Waals surface area contributed by atoms with Crippen LogP contribution in [-0.4, -0.2) is 5.78 Å². The predicted octanol–water partition coefficient (Wildman–Crippen LogP) is 3.04. The first-order valence-corrected chi connectivity index (χ1v) is 6.03. The molecule has 14 heavy (non-hydrogen) atoms. The molecule has 1 heteroatoms. The van der Waals surface area contributed by atoms with Crippen molar-refractivity contribution >= 4 is 5.78 Å². The fraction of sp³-hybridized carbons (Fsp3) is 0.923. The smallest absolute Gasteiger partial charge is 0.139 e. The van der Waals surface area contributed by atoms with Crippen molar-refractivity contribution in [1.82, 2.24) is 0 Å². The Bertz CT molecular complexity index is 302. The zero-order valence-corrected chi connectivity index (χ0v) is 9.47. The van der Waals surface area contributed by atoms with Gasteiger partial charge in [-0.15, -0.1) is 0 Å². The van der Waals surface area contributed by atoms with Gasteiger partial charge in [-0.2, -0.15) is 0 Å². The Balaban J connectivity index is 2.14. The van der Waals surface area contributed by atoms with Crippen LogP contribution in [0.2, 0.25) is 0 Å². The third kappa shape index (κ3) is 0.666. The van der Waals surface area contributed by atoms with Crippen molar-refractivity contribution in [3.63, 3.8) is 0 Å². The molecule has 4 unspecified atom stereocenters. The maximum absolute atomic E-state index is 12.1. The van der Waals surface area contributed by atoms with Crippen molar-refractivity contribution in [1.29, 1.82) is 0 Å². The molecule has 0 radical (unpaired) electrons. The lowest BCUT2D eigenvalue weighted by molar-refractivity contribution is -0.132. The second kappa shape index (κ2) is 2.25. The minimum absolute atomic E-state index is 0.0266. The number of ketones is 1. The molecule has 0 aromatic heterocycles. The third-order valence-corrected chi connectivity index (χ3v) is 6.08. The molecule has 78 valence electrons. The van der Waals surface area contributed by atoms with Gasteiger partial charge in [-0.05, 0) is 36.0 Å². The van der Waals surface area contributed by atoms with E-state index in [2.05, 4.69) is 20.8 Å². The lowest BCUT2D eigenvalue weighted by atomic mass is 9.65. The highest BCUT2D eigenvalue weighted by Crippen LogP contribution is 2.72. The van der Waals surface area contributed by atoms with Gasteiger partial charge in [0.05, 0.1) is 0 Å². The van der Waals surface area contributed by atoms with E-state index in [1.165, 1.54) is 19.3 Å². The summed E-state index contributed by atoms with van der Waals surface area (Å²) in [6, 6.07) is 0. The van der Waals surface area contributed by atoms with Crippen molar-refractivity contribution in [2.45, 2.75) is 46.5 Å². The van der Waals surface area contributed by atoms with Crippen molar-refractivity contribution in [3.8, 4) is 0 Å². The number of carbonyl (C=O) groups excluding carboxylic acids is 1. The van der Waals surface area contributed by atoms with E-state index < -0.39 is 0 Å². The van der Waals surface area contributed by atoms with Crippen molar-refractivity contribution in [3.05, 3.63) is 0 Å². The van der Waals surface area contributed by atoms with Crippen LogP contribution in [0.1, 0.15) is 46.5 Å². The Hall–Kier alpha value is -0.330. The number of hydrogen-bond donors (Lipinski definition) is 0. The van der Waals surface area contributed by atoms with Crippen molar-refractivity contribution in [2.24, 2.45) is 28.6 Å². The van der Waals surface area contributed by atoms with Gasteiger partial charge >= 0.3 is 0 Å². The second-order valence-corrected chi connectivity index (χ2v) is 6.36. The minimum Gasteiger partial charge on any atom is -0.299 e. The van der Waals surface area contributed by atoms with Crippen molar-refractivity contribution < 1.29 is 4.79 Å². The fourth-order valence-corrected chi connectivity index (χ4v) is 4.97. The Morgan fingerprint density at radius 2 is 1.86 bits per heavy atom. The summed E-state index contributed by atoms with van der Waals surface area (Å²) in [6.07, 6.45) is 4.95. The summed E-state index contributed by atoms with van der Waals surface area (Å²) < 4.78 is 0. The predicted molar refractivity (Wildman–Crippen MR) is 55.8 cm³/mol. The van der Waals surface area contributed by atoms with Crippen LogP contribution in [0.15, 0.2) is 0 Å². The zero-order valence-electron chi connectivity index (χ0n) is 9.47. The largest absolute Gasteiger partial charge is 0.299 e. The van der Waals surface area contributed by atoms with Gasteiger partial charge in [0.25, 0.3) is 0 Å². The van der Waals surface area contributed by atoms with Gasteiger partial charge in [0.15, 0.2) is 0 Å². The molecule has 0 saturated heterocycles. The van der Waals surface area contributed by atoms with E-state index in [4.69, 9.17) is 0 Å². The van der Waals surface area contributed by atoms with Crippen LogP contribution in [0.25, 0.3) is 0 Å². The highest BCUT2D eigenvalue weighted by Gasteiger charge is 2.70. The minimum atomic E-state index is 0.0266. The quantitative estimate of drug-likeness (QED) is 0.576. The molecule has 3 aliphatic rings. The molecular weight excluding hydrogens is 172 g/mol. The fourth-order valence-electron chi connectivity index (χ4n) is 4.97. The SMILES string of the molecule is CC1(C)C2CC(=O)C1(C)C1CCCC21. The first-order chi connectivity index (χ1) is 6.49. The van der Waals surface area contributed by atoms with Crippen LogP contribution in [0.4, 0.5) is 0 Å². The van der Waals surface area contributed by atoms with E-state index in [0.717, 1.165) is 18.3 Å². The number of hydrogen-bond acceptors (Lipinski definition) is 1. The number of carbonyl (C=O) groups is 1. The first-order valence-electron chi connectivity index (χ1n) is 6.03. The standard InChI is InChI=1S/C13H20O/c1-12(2)10-7-11(14)13(12,3)9-6-4-5-8(9)10/h8-10H,4-7H2,1-3H3. The summed E-state index contributed by atoms with van der Waals surface area (Å²) in [5, 5.41) is 0. The van der Waals surface area contributed by atoms with Crippen LogP contribution in [-0.2, 0) is 4.79 Å². The molecule has 0 aliphatic heterocycles. The Labute approximate surface area is 86.3 Å². The summed E-state index contributed by atoms with van der Waals surface area (Å²) in [5.41, 5.74) is 0.304. The Morgan fingerprint density at radius 3 is 2.57 bits per heavy atom. The summed E-state index contributed by atoms with van der Waals surface area (Å²) in [4.78, 5) is 12.1. The number of Topliss-reactive ketones (excluding diaryl/α,β-unsaturated/α-hetero) is 1. The lowest BCUT2D eigenvalue weighted by Crippen LogP contribution is -2.38. The molecule has 3 rings (SSSR count). The average molecular weight is 192 g/mol.